The summed E-state index contributed by atoms with van der Waals surface area (Å²) in [6.07, 6.45) is 0.331. The summed E-state index contributed by atoms with van der Waals surface area (Å²) in [4.78, 5) is 21.2. The number of rotatable bonds is 5. The van der Waals surface area contributed by atoms with Gasteiger partial charge in [-0.1, -0.05) is 15.9 Å². The molecule has 0 aromatic carbocycles. The smallest absolute Gasteiger partial charge is 0.326 e. The second-order valence-corrected chi connectivity index (χ2v) is 3.11. The number of carboxylic acids is 1. The van der Waals surface area contributed by atoms with Gasteiger partial charge in [0.15, 0.2) is 0 Å². The minimum Gasteiger partial charge on any atom is -0.480 e. The molecule has 0 fully saturated rings. The average molecular weight is 256 g/mol. The minimum absolute atomic E-state index is 0.114. The first-order chi connectivity index (χ1) is 5.61. The number of hydrogen-bond acceptors (Lipinski definition) is 3. The van der Waals surface area contributed by atoms with E-state index in [-0.39, 0.29) is 11.2 Å². The third-order valence-corrected chi connectivity index (χ3v) is 1.94. The van der Waals surface area contributed by atoms with Gasteiger partial charge in [-0.05, 0) is 12.2 Å². The molecule has 0 heterocycles. The van der Waals surface area contributed by atoms with Gasteiger partial charge in [0.1, 0.15) is 6.04 Å². The lowest BCUT2D eigenvalue weighted by Gasteiger charge is -2.11. The summed E-state index contributed by atoms with van der Waals surface area (Å²) in [7, 11) is 0. The zero-order valence-corrected chi connectivity index (χ0v) is 8.77. The van der Waals surface area contributed by atoms with Gasteiger partial charge in [0, 0.05) is 0 Å². The number of halogens is 1. The van der Waals surface area contributed by atoms with Crippen molar-refractivity contribution >= 4 is 40.4 Å². The summed E-state index contributed by atoms with van der Waals surface area (Å²) in [5, 5.41) is 11.0. The van der Waals surface area contributed by atoms with Crippen LogP contribution in [0.5, 0.6) is 0 Å². The molecule has 0 saturated heterocycles. The Morgan fingerprint density at radius 3 is 2.50 bits per heavy atom. The molecule has 2 N–H and O–H groups in total. The maximum Gasteiger partial charge on any atom is 0.326 e. The number of carbonyl (C=O) groups is 2. The number of carboxylic acid groups (broad SMARTS) is 1. The van der Waals surface area contributed by atoms with Crippen LogP contribution in [0, 0.1) is 0 Å². The number of nitrogens with one attached hydrogen (secondary N) is 1. The summed E-state index contributed by atoms with van der Waals surface area (Å²) in [5.41, 5.74) is 0. The first-order valence-electron chi connectivity index (χ1n) is 3.30. The molecule has 1 atom stereocenters. The van der Waals surface area contributed by atoms with Crippen LogP contribution in [-0.4, -0.2) is 34.1 Å². The predicted octanol–water partition coefficient (Wildman–Crippen LogP) is 0.271. The molecular weight excluding hydrogens is 246 g/mol. The Labute approximate surface area is 84.3 Å². The van der Waals surface area contributed by atoms with Crippen LogP contribution in [0.4, 0.5) is 0 Å². The standard InChI is InChI=1S/C6H10BrNO3S/c7-3-5(9)8-4(1-2-12)6(10)11/h4,12H,1-3H2,(H,8,9)(H,10,11). The number of thiol groups is 1. The first kappa shape index (κ1) is 11.8. The molecule has 1 amide bonds. The van der Waals surface area contributed by atoms with Gasteiger partial charge in [-0.15, -0.1) is 0 Å². The molecule has 0 aromatic heterocycles. The van der Waals surface area contributed by atoms with Crippen molar-refractivity contribution in [1.82, 2.24) is 5.32 Å². The van der Waals surface area contributed by atoms with Crippen LogP contribution < -0.4 is 5.32 Å². The minimum atomic E-state index is -1.03. The van der Waals surface area contributed by atoms with Crippen LogP contribution in [0.1, 0.15) is 6.42 Å². The number of aliphatic carboxylic acids is 1. The summed E-state index contributed by atoms with van der Waals surface area (Å²) >= 11 is 6.80. The second-order valence-electron chi connectivity index (χ2n) is 2.10. The Hall–Kier alpha value is -0.230. The second kappa shape index (κ2) is 6.30. The van der Waals surface area contributed by atoms with E-state index in [1.807, 2.05) is 0 Å². The van der Waals surface area contributed by atoms with Crippen LogP contribution in [-0.2, 0) is 9.59 Å². The van der Waals surface area contributed by atoms with E-state index in [0.29, 0.717) is 12.2 Å². The fourth-order valence-corrected chi connectivity index (χ4v) is 1.04. The summed E-state index contributed by atoms with van der Waals surface area (Å²) in [6, 6.07) is -0.826. The summed E-state index contributed by atoms with van der Waals surface area (Å²) < 4.78 is 0. The van der Waals surface area contributed by atoms with Crippen molar-refractivity contribution < 1.29 is 14.7 Å². The highest BCUT2D eigenvalue weighted by molar-refractivity contribution is 9.09. The van der Waals surface area contributed by atoms with Crippen molar-refractivity contribution in [3.05, 3.63) is 0 Å². The third-order valence-electron chi connectivity index (χ3n) is 1.17. The quantitative estimate of drug-likeness (QED) is 0.488. The Balaban J connectivity index is 3.95. The van der Waals surface area contributed by atoms with E-state index in [1.165, 1.54) is 0 Å². The number of amides is 1. The van der Waals surface area contributed by atoms with Gasteiger partial charge in [0.05, 0.1) is 5.33 Å². The first-order valence-corrected chi connectivity index (χ1v) is 5.06. The predicted molar refractivity (Wildman–Crippen MR) is 51.8 cm³/mol. The van der Waals surface area contributed by atoms with Crippen molar-refractivity contribution in [3.63, 3.8) is 0 Å². The molecule has 0 spiro atoms. The monoisotopic (exact) mass is 255 g/mol. The van der Waals surface area contributed by atoms with Gasteiger partial charge in [-0.25, -0.2) is 4.79 Å². The molecule has 12 heavy (non-hydrogen) atoms. The average Bonchev–Trinajstić information content (AvgIpc) is 2.03. The topological polar surface area (TPSA) is 66.4 Å². The van der Waals surface area contributed by atoms with E-state index in [9.17, 15) is 9.59 Å². The lowest BCUT2D eigenvalue weighted by atomic mass is 10.2. The van der Waals surface area contributed by atoms with Gasteiger partial charge in [0.2, 0.25) is 5.91 Å². The van der Waals surface area contributed by atoms with Gasteiger partial charge in [-0.3, -0.25) is 4.79 Å². The molecule has 0 aliphatic rings. The van der Waals surface area contributed by atoms with Crippen molar-refractivity contribution in [2.24, 2.45) is 0 Å². The molecule has 70 valence electrons. The Bertz CT molecular complexity index is 174. The Morgan fingerprint density at radius 1 is 1.58 bits per heavy atom. The number of hydrogen-bond donors (Lipinski definition) is 3. The molecule has 0 aromatic rings. The highest BCUT2D eigenvalue weighted by Crippen LogP contribution is 1.95. The van der Waals surface area contributed by atoms with Gasteiger partial charge in [-0.2, -0.15) is 12.6 Å². The maximum atomic E-state index is 10.8. The van der Waals surface area contributed by atoms with E-state index in [1.54, 1.807) is 0 Å². The molecule has 6 heteroatoms. The summed E-state index contributed by atoms with van der Waals surface area (Å²) in [5.74, 6) is -0.929. The van der Waals surface area contributed by atoms with Gasteiger partial charge >= 0.3 is 5.97 Å². The van der Waals surface area contributed by atoms with Gasteiger partial charge < -0.3 is 10.4 Å². The number of alkyl halides is 1. The fraction of sp³-hybridized carbons (Fsp3) is 0.667. The molecule has 0 bridgehead atoms. The Morgan fingerprint density at radius 2 is 2.17 bits per heavy atom. The third kappa shape index (κ3) is 4.61. The molecular formula is C6H10BrNO3S. The highest BCUT2D eigenvalue weighted by Gasteiger charge is 2.17. The molecule has 0 aliphatic heterocycles. The van der Waals surface area contributed by atoms with Crippen molar-refractivity contribution in [3.8, 4) is 0 Å². The largest absolute Gasteiger partial charge is 0.480 e. The fourth-order valence-electron chi connectivity index (χ4n) is 0.619. The van der Waals surface area contributed by atoms with Crippen LogP contribution in [0.25, 0.3) is 0 Å². The maximum absolute atomic E-state index is 10.8. The molecule has 0 aliphatic carbocycles. The van der Waals surface area contributed by atoms with Crippen molar-refractivity contribution in [2.45, 2.75) is 12.5 Å². The molecule has 4 nitrogen and oxygen atoms in total. The van der Waals surface area contributed by atoms with E-state index < -0.39 is 12.0 Å². The van der Waals surface area contributed by atoms with Crippen molar-refractivity contribution in [2.75, 3.05) is 11.1 Å². The van der Waals surface area contributed by atoms with E-state index in [2.05, 4.69) is 33.9 Å². The Kier molecular flexibility index (Phi) is 6.18. The zero-order chi connectivity index (χ0) is 9.56. The molecule has 0 saturated carbocycles. The van der Waals surface area contributed by atoms with Gasteiger partial charge in [0.25, 0.3) is 0 Å². The number of carbonyl (C=O) groups excluding carboxylic acids is 1. The normalized spacial score (nSPS) is 12.2. The van der Waals surface area contributed by atoms with Crippen LogP contribution in [0.3, 0.4) is 0 Å². The SMILES string of the molecule is O=C(CBr)NC(CCS)C(=O)O. The van der Waals surface area contributed by atoms with E-state index >= 15 is 0 Å². The van der Waals surface area contributed by atoms with Crippen molar-refractivity contribution in [1.29, 1.82) is 0 Å². The molecule has 0 rings (SSSR count). The van der Waals surface area contributed by atoms with Crippen LogP contribution >= 0.6 is 28.6 Å². The van der Waals surface area contributed by atoms with Crippen LogP contribution in [0.2, 0.25) is 0 Å². The van der Waals surface area contributed by atoms with E-state index in [4.69, 9.17) is 5.11 Å². The summed E-state index contributed by atoms with van der Waals surface area (Å²) in [6.45, 7) is 0. The zero-order valence-electron chi connectivity index (χ0n) is 6.29. The molecule has 1 unspecified atom stereocenters. The lowest BCUT2D eigenvalue weighted by molar-refractivity contribution is -0.141. The van der Waals surface area contributed by atoms with E-state index in [0.717, 1.165) is 0 Å². The lowest BCUT2D eigenvalue weighted by Crippen LogP contribution is -2.41. The highest BCUT2D eigenvalue weighted by atomic mass is 79.9. The molecule has 0 radical (unpaired) electrons. The van der Waals surface area contributed by atoms with Crippen LogP contribution in [0.15, 0.2) is 0 Å².